The number of carbonyl (C=O) groups is 1. The van der Waals surface area contributed by atoms with Gasteiger partial charge in [0, 0.05) is 18.2 Å². The largest absolute Gasteiger partial charge is 0.335 e. The number of thiol groups is 1. The average Bonchev–Trinajstić information content (AvgIpc) is 2.76. The minimum Gasteiger partial charge on any atom is -0.335 e. The molecule has 1 heterocycles. The highest BCUT2D eigenvalue weighted by Gasteiger charge is 2.31. The Hall–Kier alpha value is -0.960. The second-order valence-electron chi connectivity index (χ2n) is 5.82. The van der Waals surface area contributed by atoms with Gasteiger partial charge in [-0.2, -0.15) is 12.6 Å². The van der Waals surface area contributed by atoms with E-state index in [1.165, 1.54) is 42.4 Å². The first-order chi connectivity index (χ1) is 9.15. The molecule has 3 heteroatoms. The fourth-order valence-corrected chi connectivity index (χ4v) is 3.61. The van der Waals surface area contributed by atoms with Crippen molar-refractivity contribution in [2.24, 2.45) is 0 Å². The Kier molecular flexibility index (Phi) is 3.57. The third-order valence-corrected chi connectivity index (χ3v) is 4.81. The van der Waals surface area contributed by atoms with Gasteiger partial charge < -0.3 is 4.90 Å². The lowest BCUT2D eigenvalue weighted by molar-refractivity contribution is -0.129. The summed E-state index contributed by atoms with van der Waals surface area (Å²) in [5.41, 5.74) is 4.27. The van der Waals surface area contributed by atoms with Crippen molar-refractivity contribution in [2.75, 3.05) is 6.54 Å². The van der Waals surface area contributed by atoms with Crippen LogP contribution in [-0.2, 0) is 17.6 Å². The first-order valence-electron chi connectivity index (χ1n) is 7.24. The normalized spacial score (nSPS) is 24.4. The molecule has 0 spiro atoms. The molecule has 1 amide bonds. The Morgan fingerprint density at radius 2 is 2.00 bits per heavy atom. The molecule has 0 bridgehead atoms. The molecule has 1 saturated heterocycles. The Morgan fingerprint density at radius 3 is 2.68 bits per heavy atom. The third-order valence-electron chi connectivity index (χ3n) is 4.46. The molecule has 102 valence electrons. The van der Waals surface area contributed by atoms with Gasteiger partial charge in [-0.25, -0.2) is 0 Å². The van der Waals surface area contributed by atoms with Gasteiger partial charge in [0.2, 0.25) is 5.91 Å². The zero-order valence-electron chi connectivity index (χ0n) is 11.4. The number of amides is 1. The van der Waals surface area contributed by atoms with Crippen LogP contribution in [0.1, 0.15) is 48.9 Å². The van der Waals surface area contributed by atoms with E-state index in [4.69, 9.17) is 0 Å². The van der Waals surface area contributed by atoms with Gasteiger partial charge in [0.05, 0.1) is 6.04 Å². The summed E-state index contributed by atoms with van der Waals surface area (Å²) in [7, 11) is 0. The van der Waals surface area contributed by atoms with Crippen LogP contribution in [0.4, 0.5) is 0 Å². The third kappa shape index (κ3) is 2.53. The summed E-state index contributed by atoms with van der Waals surface area (Å²) in [5.74, 6) is 0.241. The predicted octanol–water partition coefficient (Wildman–Crippen LogP) is 3.16. The van der Waals surface area contributed by atoms with E-state index in [9.17, 15) is 4.79 Å². The van der Waals surface area contributed by atoms with Crippen LogP contribution >= 0.6 is 12.6 Å². The number of hydrogen-bond acceptors (Lipinski definition) is 2. The van der Waals surface area contributed by atoms with Crippen LogP contribution in [0.5, 0.6) is 0 Å². The summed E-state index contributed by atoms with van der Waals surface area (Å²) in [6.07, 6.45) is 5.60. The average molecular weight is 275 g/mol. The molecule has 1 aliphatic carbocycles. The van der Waals surface area contributed by atoms with Crippen LogP contribution in [0.15, 0.2) is 18.2 Å². The maximum absolute atomic E-state index is 12.0. The first kappa shape index (κ1) is 13.0. The number of rotatable bonds is 2. The van der Waals surface area contributed by atoms with Gasteiger partial charge in [0.25, 0.3) is 0 Å². The number of carbonyl (C=O) groups excluding carboxylic acids is 1. The Morgan fingerprint density at radius 1 is 1.26 bits per heavy atom. The van der Waals surface area contributed by atoms with Gasteiger partial charge in [-0.1, -0.05) is 18.2 Å². The monoisotopic (exact) mass is 275 g/mol. The van der Waals surface area contributed by atoms with E-state index in [-0.39, 0.29) is 17.2 Å². The zero-order chi connectivity index (χ0) is 13.4. The number of likely N-dealkylation sites (tertiary alicyclic amines) is 1. The van der Waals surface area contributed by atoms with E-state index in [1.807, 2.05) is 4.90 Å². The van der Waals surface area contributed by atoms with Crippen LogP contribution in [0.2, 0.25) is 0 Å². The maximum Gasteiger partial charge on any atom is 0.224 e. The van der Waals surface area contributed by atoms with E-state index in [1.54, 1.807) is 0 Å². The topological polar surface area (TPSA) is 20.3 Å². The highest BCUT2D eigenvalue weighted by molar-refractivity contribution is 7.81. The molecule has 1 aromatic carbocycles. The van der Waals surface area contributed by atoms with Crippen molar-refractivity contribution in [1.82, 2.24) is 4.90 Å². The van der Waals surface area contributed by atoms with E-state index >= 15 is 0 Å². The van der Waals surface area contributed by atoms with Crippen LogP contribution in [0.3, 0.4) is 0 Å². The lowest BCUT2D eigenvalue weighted by Crippen LogP contribution is -2.28. The predicted molar refractivity (Wildman–Crippen MR) is 80.6 cm³/mol. The fraction of sp³-hybridized carbons (Fsp3) is 0.562. The van der Waals surface area contributed by atoms with Gasteiger partial charge >= 0.3 is 0 Å². The second-order valence-corrected chi connectivity index (χ2v) is 6.55. The van der Waals surface area contributed by atoms with Crippen molar-refractivity contribution in [1.29, 1.82) is 0 Å². The molecule has 1 fully saturated rings. The molecular weight excluding hydrogens is 254 g/mol. The lowest BCUT2D eigenvalue weighted by atomic mass is 9.89. The molecule has 2 aliphatic rings. The number of hydrogen-bond donors (Lipinski definition) is 1. The van der Waals surface area contributed by atoms with Crippen molar-refractivity contribution in [3.05, 3.63) is 34.9 Å². The van der Waals surface area contributed by atoms with E-state index in [2.05, 4.69) is 37.8 Å². The molecule has 2 nitrogen and oxygen atoms in total. The first-order valence-corrected chi connectivity index (χ1v) is 7.76. The fourth-order valence-electron chi connectivity index (χ4n) is 3.28. The molecule has 0 aromatic heterocycles. The summed E-state index contributed by atoms with van der Waals surface area (Å²) in [6, 6.07) is 6.96. The Labute approximate surface area is 120 Å². The quantitative estimate of drug-likeness (QED) is 0.822. The SMILES string of the molecule is CC(c1ccc2c(c1)CCCC2)N1CC(S)CC1=O. The summed E-state index contributed by atoms with van der Waals surface area (Å²) in [6.45, 7) is 2.91. The Bertz CT molecular complexity index is 500. The van der Waals surface area contributed by atoms with Crippen LogP contribution < -0.4 is 0 Å². The van der Waals surface area contributed by atoms with Crippen LogP contribution in [0.25, 0.3) is 0 Å². The van der Waals surface area contributed by atoms with Crippen LogP contribution in [-0.4, -0.2) is 22.6 Å². The minimum atomic E-state index is 0.178. The maximum atomic E-state index is 12.0. The van der Waals surface area contributed by atoms with Crippen molar-refractivity contribution >= 4 is 18.5 Å². The van der Waals surface area contributed by atoms with Gasteiger partial charge in [0.1, 0.15) is 0 Å². The minimum absolute atomic E-state index is 0.178. The number of benzene rings is 1. The standard InChI is InChI=1S/C16H21NOS/c1-11(17-10-15(19)9-16(17)18)13-7-6-12-4-2-3-5-14(12)8-13/h6-8,11,15,19H,2-5,9-10H2,1H3. The number of aryl methyl sites for hydroxylation is 2. The smallest absolute Gasteiger partial charge is 0.224 e. The molecular formula is C16H21NOS. The van der Waals surface area contributed by atoms with Crippen molar-refractivity contribution in [3.8, 4) is 0 Å². The summed E-state index contributed by atoms with van der Waals surface area (Å²) in [4.78, 5) is 13.9. The molecule has 3 rings (SSSR count). The van der Waals surface area contributed by atoms with Gasteiger partial charge in [-0.3, -0.25) is 4.79 Å². The van der Waals surface area contributed by atoms with Crippen LogP contribution in [0, 0.1) is 0 Å². The second kappa shape index (κ2) is 5.20. The number of fused-ring (bicyclic) bond motifs is 1. The molecule has 0 saturated carbocycles. The van der Waals surface area contributed by atoms with Gasteiger partial charge in [-0.15, -0.1) is 0 Å². The highest BCUT2D eigenvalue weighted by Crippen LogP contribution is 2.30. The molecule has 1 aliphatic heterocycles. The number of nitrogens with zero attached hydrogens (tertiary/aromatic N) is 1. The lowest BCUT2D eigenvalue weighted by Gasteiger charge is -2.26. The van der Waals surface area contributed by atoms with E-state index in [0.29, 0.717) is 6.42 Å². The van der Waals surface area contributed by atoms with Gasteiger partial charge in [-0.05, 0) is 49.3 Å². The summed E-state index contributed by atoms with van der Waals surface area (Å²) < 4.78 is 0. The molecule has 0 N–H and O–H groups in total. The zero-order valence-corrected chi connectivity index (χ0v) is 12.3. The molecule has 0 radical (unpaired) electrons. The summed E-state index contributed by atoms with van der Waals surface area (Å²) >= 11 is 4.43. The van der Waals surface area contributed by atoms with Gasteiger partial charge in [0.15, 0.2) is 0 Å². The molecule has 1 aromatic rings. The highest BCUT2D eigenvalue weighted by atomic mass is 32.1. The Balaban J connectivity index is 1.83. The molecule has 2 atom stereocenters. The molecule has 19 heavy (non-hydrogen) atoms. The van der Waals surface area contributed by atoms with Crippen molar-refractivity contribution in [3.63, 3.8) is 0 Å². The molecule has 2 unspecified atom stereocenters. The van der Waals surface area contributed by atoms with E-state index in [0.717, 1.165) is 6.54 Å². The van der Waals surface area contributed by atoms with Crippen molar-refractivity contribution < 1.29 is 4.79 Å². The van der Waals surface area contributed by atoms with E-state index < -0.39 is 0 Å². The van der Waals surface area contributed by atoms with Crippen molar-refractivity contribution in [2.45, 2.75) is 50.3 Å². The summed E-state index contributed by atoms with van der Waals surface area (Å²) in [5, 5.41) is 0.201.